The van der Waals surface area contributed by atoms with Crippen LogP contribution in [0.5, 0.6) is 0 Å². The Balaban J connectivity index is 2.57. The Morgan fingerprint density at radius 1 is 0.974 bits per heavy atom. The van der Waals surface area contributed by atoms with Crippen LogP contribution in [0.2, 0.25) is 0 Å². The van der Waals surface area contributed by atoms with Gasteiger partial charge in [-0.15, -0.1) is 0 Å². The molecule has 0 aliphatic heterocycles. The molecule has 9 heteroatoms. The Labute approximate surface area is 231 Å². The summed E-state index contributed by atoms with van der Waals surface area (Å²) in [6.45, 7) is 12.7. The van der Waals surface area contributed by atoms with Gasteiger partial charge in [-0.05, 0) is 71.1 Å². The van der Waals surface area contributed by atoms with Crippen molar-refractivity contribution in [1.82, 2.24) is 10.2 Å². The molecular formula is C30H42N4O5. The predicted octanol–water partition coefficient (Wildman–Crippen LogP) is 4.77. The second kappa shape index (κ2) is 13.8. The maximum Gasteiger partial charge on any atom is 0.408 e. The number of ether oxygens (including phenoxy) is 1. The van der Waals surface area contributed by atoms with Gasteiger partial charge < -0.3 is 26.0 Å². The van der Waals surface area contributed by atoms with Gasteiger partial charge in [0.2, 0.25) is 11.8 Å². The van der Waals surface area contributed by atoms with E-state index >= 15 is 0 Å². The van der Waals surface area contributed by atoms with Crippen molar-refractivity contribution in [3.05, 3.63) is 65.2 Å². The van der Waals surface area contributed by atoms with Crippen molar-refractivity contribution < 1.29 is 23.9 Å². The van der Waals surface area contributed by atoms with Gasteiger partial charge in [0, 0.05) is 18.2 Å². The molecule has 0 aliphatic carbocycles. The molecule has 3 atom stereocenters. The maximum absolute atomic E-state index is 14.2. The molecule has 0 aliphatic rings. The zero-order valence-corrected chi connectivity index (χ0v) is 24.0. The summed E-state index contributed by atoms with van der Waals surface area (Å²) in [7, 11) is 0. The van der Waals surface area contributed by atoms with Gasteiger partial charge >= 0.3 is 6.09 Å². The third-order valence-corrected chi connectivity index (χ3v) is 6.36. The molecule has 0 heterocycles. The van der Waals surface area contributed by atoms with Gasteiger partial charge in [0.25, 0.3) is 5.91 Å². The number of hydrogen-bond acceptors (Lipinski definition) is 5. The number of amides is 4. The van der Waals surface area contributed by atoms with E-state index in [0.717, 1.165) is 11.1 Å². The molecule has 212 valence electrons. The summed E-state index contributed by atoms with van der Waals surface area (Å²) < 4.78 is 5.37. The molecule has 0 radical (unpaired) electrons. The summed E-state index contributed by atoms with van der Waals surface area (Å²) in [6.07, 6.45) is -0.433. The average molecular weight is 539 g/mol. The summed E-state index contributed by atoms with van der Waals surface area (Å²) in [6, 6.07) is 12.2. The number of nitrogens with two attached hydrogens (primary N) is 1. The highest BCUT2D eigenvalue weighted by Gasteiger charge is 2.38. The Morgan fingerprint density at radius 2 is 1.56 bits per heavy atom. The normalized spacial score (nSPS) is 13.5. The number of anilines is 1. The minimum atomic E-state index is -1.14. The average Bonchev–Trinajstić information content (AvgIpc) is 2.85. The highest BCUT2D eigenvalue weighted by atomic mass is 16.6. The lowest BCUT2D eigenvalue weighted by Crippen LogP contribution is -2.55. The molecular weight excluding hydrogens is 496 g/mol. The zero-order valence-electron chi connectivity index (χ0n) is 24.0. The number of aryl methyl sites for hydroxylation is 2. The Bertz CT molecular complexity index is 1140. The number of nitrogens with zero attached hydrogens (tertiary/aromatic N) is 1. The largest absolute Gasteiger partial charge is 0.444 e. The highest BCUT2D eigenvalue weighted by Crippen LogP contribution is 2.29. The predicted molar refractivity (Wildman–Crippen MR) is 152 cm³/mol. The number of para-hydroxylation sites is 1. The molecule has 4 amide bonds. The fourth-order valence-corrected chi connectivity index (χ4v) is 4.25. The van der Waals surface area contributed by atoms with Crippen LogP contribution >= 0.6 is 0 Å². The summed E-state index contributed by atoms with van der Waals surface area (Å²) in [5.74, 6) is -1.51. The molecule has 3 unspecified atom stereocenters. The van der Waals surface area contributed by atoms with E-state index < -0.39 is 41.5 Å². The molecule has 0 fully saturated rings. The number of rotatable bonds is 11. The van der Waals surface area contributed by atoms with Crippen LogP contribution < -0.4 is 16.4 Å². The van der Waals surface area contributed by atoms with Crippen LogP contribution in [0.4, 0.5) is 10.5 Å². The third kappa shape index (κ3) is 9.12. The van der Waals surface area contributed by atoms with Crippen molar-refractivity contribution in [2.24, 2.45) is 5.73 Å². The molecule has 0 saturated heterocycles. The Morgan fingerprint density at radius 3 is 2.08 bits per heavy atom. The van der Waals surface area contributed by atoms with Crippen LogP contribution in [0.25, 0.3) is 0 Å². The molecule has 2 rings (SSSR count). The zero-order chi connectivity index (χ0) is 29.3. The lowest BCUT2D eigenvalue weighted by Gasteiger charge is -2.38. The molecule has 2 aromatic rings. The lowest BCUT2D eigenvalue weighted by molar-refractivity contribution is -0.143. The van der Waals surface area contributed by atoms with Crippen LogP contribution in [-0.4, -0.2) is 46.4 Å². The van der Waals surface area contributed by atoms with Crippen molar-refractivity contribution in [2.75, 3.05) is 5.32 Å². The Hall–Kier alpha value is -3.88. The maximum atomic E-state index is 14.2. The molecule has 0 saturated carbocycles. The quantitative estimate of drug-likeness (QED) is 0.379. The van der Waals surface area contributed by atoms with Crippen molar-refractivity contribution >= 4 is 29.5 Å². The van der Waals surface area contributed by atoms with Crippen LogP contribution in [-0.2, 0) is 19.1 Å². The fourth-order valence-electron chi connectivity index (χ4n) is 4.25. The van der Waals surface area contributed by atoms with E-state index in [1.165, 1.54) is 4.90 Å². The molecule has 0 aromatic heterocycles. The summed E-state index contributed by atoms with van der Waals surface area (Å²) in [5.41, 5.74) is 7.65. The minimum absolute atomic E-state index is 0.0413. The molecule has 0 spiro atoms. The molecule has 9 nitrogen and oxygen atoms in total. The topological polar surface area (TPSA) is 131 Å². The number of hydrogen-bond donors (Lipinski definition) is 3. The van der Waals surface area contributed by atoms with Crippen molar-refractivity contribution in [1.29, 1.82) is 0 Å². The highest BCUT2D eigenvalue weighted by molar-refractivity contribution is 6.00. The van der Waals surface area contributed by atoms with Gasteiger partial charge in [0.15, 0.2) is 0 Å². The number of carbonyl (C=O) groups is 4. The van der Waals surface area contributed by atoms with Gasteiger partial charge in [-0.25, -0.2) is 4.79 Å². The number of benzene rings is 2. The van der Waals surface area contributed by atoms with E-state index in [0.29, 0.717) is 17.7 Å². The van der Waals surface area contributed by atoms with Crippen LogP contribution in [0.3, 0.4) is 0 Å². The summed E-state index contributed by atoms with van der Waals surface area (Å²) in [4.78, 5) is 54.0. The Kier molecular flexibility index (Phi) is 11.1. The third-order valence-electron chi connectivity index (χ3n) is 6.36. The smallest absolute Gasteiger partial charge is 0.408 e. The van der Waals surface area contributed by atoms with Gasteiger partial charge in [-0.1, -0.05) is 55.5 Å². The first-order valence-corrected chi connectivity index (χ1v) is 13.3. The second-order valence-corrected chi connectivity index (χ2v) is 10.8. The molecule has 39 heavy (non-hydrogen) atoms. The van der Waals surface area contributed by atoms with E-state index in [2.05, 4.69) is 10.6 Å². The first kappa shape index (κ1) is 31.3. The molecule has 4 N–H and O–H groups in total. The SMILES string of the molecule is CCC(C)N(C(=O)C(CCC(N)=O)NC(=O)OC(C)(C)C)C(C(=O)Nc1c(C)cccc1C)c1ccccc1. The van der Waals surface area contributed by atoms with Gasteiger partial charge in [0.1, 0.15) is 17.7 Å². The van der Waals surface area contributed by atoms with E-state index in [-0.39, 0.29) is 18.9 Å². The molecule has 2 aromatic carbocycles. The van der Waals surface area contributed by atoms with Crippen molar-refractivity contribution in [3.8, 4) is 0 Å². The number of alkyl carbamates (subject to hydrolysis) is 1. The lowest BCUT2D eigenvalue weighted by atomic mass is 9.98. The van der Waals surface area contributed by atoms with Gasteiger partial charge in [-0.3, -0.25) is 14.4 Å². The summed E-state index contributed by atoms with van der Waals surface area (Å²) in [5, 5.41) is 5.64. The first-order chi connectivity index (χ1) is 18.2. The number of primary amides is 1. The standard InChI is InChI=1S/C30H42N4O5/c1-8-21(4)34(28(37)23(17-18-24(31)35)32-29(38)39-30(5,6)7)26(22-15-10-9-11-16-22)27(36)33-25-19(2)13-12-14-20(25)3/h9-16,21,23,26H,8,17-18H2,1-7H3,(H2,31,35)(H,32,38)(H,33,36). The monoisotopic (exact) mass is 538 g/mol. The van der Waals surface area contributed by atoms with Gasteiger partial charge in [-0.2, -0.15) is 0 Å². The van der Waals surface area contributed by atoms with E-state index in [1.54, 1.807) is 45.0 Å². The van der Waals surface area contributed by atoms with Gasteiger partial charge in [0.05, 0.1) is 0 Å². The first-order valence-electron chi connectivity index (χ1n) is 13.3. The number of nitrogens with one attached hydrogen (secondary N) is 2. The van der Waals surface area contributed by atoms with Crippen LogP contribution in [0.15, 0.2) is 48.5 Å². The van der Waals surface area contributed by atoms with Crippen molar-refractivity contribution in [2.45, 2.75) is 91.5 Å². The van der Waals surface area contributed by atoms with E-state index in [1.807, 2.05) is 52.0 Å². The second-order valence-electron chi connectivity index (χ2n) is 10.8. The van der Waals surface area contributed by atoms with E-state index in [9.17, 15) is 19.2 Å². The van der Waals surface area contributed by atoms with Crippen LogP contribution in [0.1, 0.15) is 76.6 Å². The summed E-state index contributed by atoms with van der Waals surface area (Å²) >= 11 is 0. The molecule has 0 bridgehead atoms. The fraction of sp³-hybridized carbons (Fsp3) is 0.467. The van der Waals surface area contributed by atoms with Crippen LogP contribution in [0, 0.1) is 13.8 Å². The number of carbonyl (C=O) groups excluding carboxylic acids is 4. The minimum Gasteiger partial charge on any atom is -0.444 e. The van der Waals surface area contributed by atoms with Crippen molar-refractivity contribution in [3.63, 3.8) is 0 Å². The van der Waals surface area contributed by atoms with E-state index in [4.69, 9.17) is 10.5 Å².